The van der Waals surface area contributed by atoms with E-state index in [0.717, 1.165) is 31.0 Å². The molecule has 0 atom stereocenters. The molecule has 2 heterocycles. The highest BCUT2D eigenvalue weighted by molar-refractivity contribution is 7.99. The lowest BCUT2D eigenvalue weighted by molar-refractivity contribution is -0.117. The van der Waals surface area contributed by atoms with Crippen LogP contribution in [0.5, 0.6) is 0 Å². The number of imide groups is 1. The molecule has 170 valence electrons. The highest BCUT2D eigenvalue weighted by atomic mass is 32.2. The molecule has 33 heavy (non-hydrogen) atoms. The van der Waals surface area contributed by atoms with Gasteiger partial charge >= 0.3 is 6.03 Å². The SMILES string of the molecule is CCCCCn1c(=O)c2ccccc2n2c(SCC(=O)NC(=O)Nc3ccccc3)nnc12. The average molecular weight is 465 g/mol. The van der Waals surface area contributed by atoms with Gasteiger partial charge in [0.15, 0.2) is 5.16 Å². The van der Waals surface area contributed by atoms with Crippen LogP contribution in [0.25, 0.3) is 16.7 Å². The maximum Gasteiger partial charge on any atom is 0.325 e. The molecule has 0 aliphatic carbocycles. The van der Waals surface area contributed by atoms with Crippen molar-refractivity contribution in [3.63, 3.8) is 0 Å². The van der Waals surface area contributed by atoms with Crippen LogP contribution in [0, 0.1) is 0 Å². The van der Waals surface area contributed by atoms with E-state index in [9.17, 15) is 14.4 Å². The monoisotopic (exact) mass is 464 g/mol. The molecule has 0 spiro atoms. The van der Waals surface area contributed by atoms with Crippen molar-refractivity contribution in [1.29, 1.82) is 0 Å². The fraction of sp³-hybridized carbons (Fsp3) is 0.261. The number of para-hydroxylation sites is 2. The molecule has 0 saturated heterocycles. The number of nitrogens with zero attached hydrogens (tertiary/aromatic N) is 4. The molecule has 3 amide bonds. The quantitative estimate of drug-likeness (QED) is 0.304. The number of hydrogen-bond donors (Lipinski definition) is 2. The second kappa shape index (κ2) is 10.3. The third kappa shape index (κ3) is 5.06. The van der Waals surface area contributed by atoms with Crippen LogP contribution in [0.2, 0.25) is 0 Å². The Balaban J connectivity index is 1.54. The maximum absolute atomic E-state index is 13.0. The zero-order chi connectivity index (χ0) is 23.2. The van der Waals surface area contributed by atoms with Gasteiger partial charge in [0, 0.05) is 12.2 Å². The number of rotatable bonds is 8. The minimum absolute atomic E-state index is 0.0354. The zero-order valence-corrected chi connectivity index (χ0v) is 19.0. The molecule has 0 bridgehead atoms. The minimum atomic E-state index is -0.604. The summed E-state index contributed by atoms with van der Waals surface area (Å²) in [5.41, 5.74) is 1.17. The molecule has 0 aliphatic heterocycles. The van der Waals surface area contributed by atoms with E-state index in [1.165, 1.54) is 0 Å². The van der Waals surface area contributed by atoms with Crippen molar-refractivity contribution in [1.82, 2.24) is 24.5 Å². The zero-order valence-electron chi connectivity index (χ0n) is 18.2. The highest BCUT2D eigenvalue weighted by Crippen LogP contribution is 2.21. The number of carbonyl (C=O) groups excluding carboxylic acids is 2. The molecule has 2 aromatic heterocycles. The Morgan fingerprint density at radius 3 is 2.55 bits per heavy atom. The Hall–Kier alpha value is -3.66. The van der Waals surface area contributed by atoms with E-state index in [4.69, 9.17) is 0 Å². The highest BCUT2D eigenvalue weighted by Gasteiger charge is 2.18. The summed E-state index contributed by atoms with van der Waals surface area (Å²) in [6.07, 6.45) is 2.91. The van der Waals surface area contributed by atoms with Crippen LogP contribution in [-0.2, 0) is 11.3 Å². The number of aryl methyl sites for hydroxylation is 1. The normalized spacial score (nSPS) is 11.1. The summed E-state index contributed by atoms with van der Waals surface area (Å²) in [6.45, 7) is 2.65. The molecule has 0 fully saturated rings. The first kappa shape index (κ1) is 22.5. The Labute approximate surface area is 194 Å². The fourth-order valence-electron chi connectivity index (χ4n) is 3.53. The summed E-state index contributed by atoms with van der Waals surface area (Å²) in [4.78, 5) is 37.4. The number of unbranched alkanes of at least 4 members (excludes halogenated alkanes) is 2. The number of anilines is 1. The standard InChI is InChI=1S/C23H24N6O3S/c1-2-3-9-14-28-20(31)17-12-7-8-13-18(17)29-22(28)26-27-23(29)33-15-19(30)25-21(32)24-16-10-5-4-6-11-16/h4-8,10-13H,2-3,9,14-15H2,1H3,(H2,24,25,30,32). The number of amides is 3. The van der Waals surface area contributed by atoms with E-state index in [1.54, 1.807) is 39.3 Å². The molecule has 0 unspecified atom stereocenters. The van der Waals surface area contributed by atoms with Gasteiger partial charge < -0.3 is 5.32 Å². The van der Waals surface area contributed by atoms with E-state index in [-0.39, 0.29) is 11.3 Å². The van der Waals surface area contributed by atoms with Gasteiger partial charge in [0.05, 0.1) is 16.7 Å². The lowest BCUT2D eigenvalue weighted by Crippen LogP contribution is -2.35. The van der Waals surface area contributed by atoms with Crippen molar-refractivity contribution in [3.05, 3.63) is 65.0 Å². The van der Waals surface area contributed by atoms with Gasteiger partial charge in [-0.25, -0.2) is 4.79 Å². The summed E-state index contributed by atoms with van der Waals surface area (Å²) in [7, 11) is 0. The van der Waals surface area contributed by atoms with Crippen molar-refractivity contribution in [2.24, 2.45) is 0 Å². The van der Waals surface area contributed by atoms with Crippen molar-refractivity contribution in [2.45, 2.75) is 37.9 Å². The van der Waals surface area contributed by atoms with Gasteiger partial charge in [-0.2, -0.15) is 0 Å². The molecule has 4 rings (SSSR count). The lowest BCUT2D eigenvalue weighted by Gasteiger charge is -2.11. The molecule has 10 heteroatoms. The largest absolute Gasteiger partial charge is 0.325 e. The van der Waals surface area contributed by atoms with E-state index in [2.05, 4.69) is 27.8 Å². The van der Waals surface area contributed by atoms with E-state index >= 15 is 0 Å². The number of nitrogens with one attached hydrogen (secondary N) is 2. The Bertz CT molecular complexity index is 1350. The molecule has 0 aliphatic rings. The molecular weight excluding hydrogens is 440 g/mol. The van der Waals surface area contributed by atoms with Crippen LogP contribution >= 0.6 is 11.8 Å². The molecule has 0 saturated carbocycles. The molecule has 2 N–H and O–H groups in total. The number of hydrogen-bond acceptors (Lipinski definition) is 6. The summed E-state index contributed by atoms with van der Waals surface area (Å²) in [5.74, 6) is -0.0583. The predicted octanol–water partition coefficient (Wildman–Crippen LogP) is 3.67. The summed E-state index contributed by atoms with van der Waals surface area (Å²) in [6, 6.07) is 15.5. The number of aromatic nitrogens is 4. The van der Waals surface area contributed by atoms with Gasteiger partial charge in [0.25, 0.3) is 5.56 Å². The Morgan fingerprint density at radius 1 is 1.00 bits per heavy atom. The topological polar surface area (TPSA) is 110 Å². The number of thioether (sulfide) groups is 1. The smallest absolute Gasteiger partial charge is 0.308 e. The van der Waals surface area contributed by atoms with Crippen LogP contribution in [0.1, 0.15) is 26.2 Å². The van der Waals surface area contributed by atoms with E-state index in [0.29, 0.717) is 34.1 Å². The van der Waals surface area contributed by atoms with E-state index < -0.39 is 11.9 Å². The fourth-order valence-corrected chi connectivity index (χ4v) is 4.27. The third-order valence-corrected chi connectivity index (χ3v) is 6.01. The van der Waals surface area contributed by atoms with Crippen LogP contribution in [0.3, 0.4) is 0 Å². The first-order valence-electron chi connectivity index (χ1n) is 10.7. The van der Waals surface area contributed by atoms with Crippen molar-refractivity contribution < 1.29 is 9.59 Å². The van der Waals surface area contributed by atoms with Gasteiger partial charge in [0.1, 0.15) is 0 Å². The van der Waals surface area contributed by atoms with Crippen LogP contribution in [-0.4, -0.2) is 36.9 Å². The number of fused-ring (bicyclic) bond motifs is 3. The second-order valence-corrected chi connectivity index (χ2v) is 8.40. The van der Waals surface area contributed by atoms with Crippen LogP contribution in [0.15, 0.2) is 64.5 Å². The van der Waals surface area contributed by atoms with Crippen LogP contribution in [0.4, 0.5) is 10.5 Å². The number of benzene rings is 2. The van der Waals surface area contributed by atoms with Crippen molar-refractivity contribution >= 4 is 46.1 Å². The van der Waals surface area contributed by atoms with Gasteiger partial charge in [-0.3, -0.25) is 23.9 Å². The average Bonchev–Trinajstić information content (AvgIpc) is 3.24. The Kier molecular flexibility index (Phi) is 7.04. The second-order valence-electron chi connectivity index (χ2n) is 7.46. The van der Waals surface area contributed by atoms with Crippen molar-refractivity contribution in [3.8, 4) is 0 Å². The molecule has 2 aromatic carbocycles. The van der Waals surface area contributed by atoms with Crippen LogP contribution < -0.4 is 16.2 Å². The Morgan fingerprint density at radius 2 is 1.76 bits per heavy atom. The summed E-state index contributed by atoms with van der Waals surface area (Å²) < 4.78 is 3.44. The van der Waals surface area contributed by atoms with Gasteiger partial charge in [0.2, 0.25) is 11.7 Å². The maximum atomic E-state index is 13.0. The third-order valence-electron chi connectivity index (χ3n) is 5.08. The van der Waals surface area contributed by atoms with Gasteiger partial charge in [-0.05, 0) is 30.7 Å². The van der Waals surface area contributed by atoms with E-state index in [1.807, 2.05) is 24.3 Å². The first-order chi connectivity index (χ1) is 16.1. The predicted molar refractivity (Wildman–Crippen MR) is 129 cm³/mol. The van der Waals surface area contributed by atoms with Gasteiger partial charge in [-0.1, -0.05) is 61.9 Å². The molecule has 4 aromatic rings. The summed E-state index contributed by atoms with van der Waals surface area (Å²) >= 11 is 1.15. The van der Waals surface area contributed by atoms with Crippen molar-refractivity contribution in [2.75, 3.05) is 11.1 Å². The van der Waals surface area contributed by atoms with Gasteiger partial charge in [-0.15, -0.1) is 10.2 Å². The lowest BCUT2D eigenvalue weighted by atomic mass is 10.2. The first-order valence-corrected chi connectivity index (χ1v) is 11.7. The summed E-state index contributed by atoms with van der Waals surface area (Å²) in [5, 5.41) is 14.4. The number of urea groups is 1. The molecule has 0 radical (unpaired) electrons. The molecule has 9 nitrogen and oxygen atoms in total. The number of carbonyl (C=O) groups is 2. The minimum Gasteiger partial charge on any atom is -0.308 e. The molecular formula is C23H24N6O3S.